The minimum Gasteiger partial charge on any atom is -0.394 e. The summed E-state index contributed by atoms with van der Waals surface area (Å²) in [5.74, 6) is 0.0609. The number of hydrogen-bond donors (Lipinski definition) is 4. The number of nitrogens with two attached hydrogens (primary N) is 1. The monoisotopic (exact) mass is 323 g/mol. The molecule has 0 radical (unpaired) electrons. The van der Waals surface area contributed by atoms with Gasteiger partial charge in [-0.05, 0) is 0 Å². The number of anilines is 1. The smallest absolute Gasteiger partial charge is 0.203 e. The molecule has 1 aliphatic heterocycles. The lowest BCUT2D eigenvalue weighted by atomic mass is 9.82. The molecule has 4 atom stereocenters. The van der Waals surface area contributed by atoms with Crippen LogP contribution in [0.1, 0.15) is 6.23 Å². The summed E-state index contributed by atoms with van der Waals surface area (Å²) in [6, 6.07) is 0. The van der Waals surface area contributed by atoms with E-state index in [4.69, 9.17) is 10.5 Å². The van der Waals surface area contributed by atoms with Gasteiger partial charge in [0.2, 0.25) is 5.60 Å². The predicted molar refractivity (Wildman–Crippen MR) is 72.8 cm³/mol. The number of imidazole rings is 1. The molecule has 23 heavy (non-hydrogen) atoms. The predicted octanol–water partition coefficient (Wildman–Crippen LogP) is -2.84. The Morgan fingerprint density at radius 1 is 1.26 bits per heavy atom. The molecule has 3 heterocycles. The number of nitrogen functional groups attached to an aromatic ring is 1. The van der Waals surface area contributed by atoms with Crippen LogP contribution in [0.25, 0.3) is 11.2 Å². The third-order valence-electron chi connectivity index (χ3n) is 3.97. The second-order valence-corrected chi connectivity index (χ2v) is 5.13. The lowest BCUT2D eigenvalue weighted by Crippen LogP contribution is -2.61. The fraction of sp³-hybridized carbons (Fsp3) is 0.417. The number of ether oxygens (including phenoxy) is 1. The summed E-state index contributed by atoms with van der Waals surface area (Å²) in [6.45, 7) is -0.800. The van der Waals surface area contributed by atoms with E-state index in [1.165, 1.54) is 6.33 Å². The van der Waals surface area contributed by atoms with Crippen LogP contribution >= 0.6 is 0 Å². The van der Waals surface area contributed by atoms with Gasteiger partial charge in [-0.2, -0.15) is 0 Å². The Labute approximate surface area is 128 Å². The average Bonchev–Trinajstić information content (AvgIpc) is 3.07. The van der Waals surface area contributed by atoms with E-state index in [0.717, 1.165) is 10.9 Å². The van der Waals surface area contributed by atoms with Crippen molar-refractivity contribution in [2.45, 2.75) is 23.5 Å². The lowest BCUT2D eigenvalue weighted by Gasteiger charge is -2.32. The van der Waals surface area contributed by atoms with E-state index in [9.17, 15) is 24.9 Å². The number of carbonyl (C=O) groups excluding carboxylic acids is 2. The summed E-state index contributed by atoms with van der Waals surface area (Å²) in [6.07, 6.45) is -0.813. The minimum absolute atomic E-state index is 0.0158. The van der Waals surface area contributed by atoms with Gasteiger partial charge in [-0.1, -0.05) is 0 Å². The number of fused-ring (bicyclic) bond motifs is 1. The number of nitrogens with zero attached hydrogens (tertiary/aromatic N) is 4. The summed E-state index contributed by atoms with van der Waals surface area (Å²) >= 11 is 0. The number of aliphatic hydroxyl groups is 3. The Morgan fingerprint density at radius 3 is 2.57 bits per heavy atom. The van der Waals surface area contributed by atoms with Gasteiger partial charge in [-0.25, -0.2) is 15.0 Å². The summed E-state index contributed by atoms with van der Waals surface area (Å²) in [7, 11) is 0. The molecular weight excluding hydrogens is 310 g/mol. The highest BCUT2D eigenvalue weighted by atomic mass is 16.6. The van der Waals surface area contributed by atoms with Gasteiger partial charge in [0.25, 0.3) is 0 Å². The number of hydrogen-bond acceptors (Lipinski definition) is 10. The molecule has 2 aromatic rings. The third-order valence-corrected chi connectivity index (χ3v) is 3.97. The molecule has 1 aliphatic rings. The molecule has 0 bridgehead atoms. The van der Waals surface area contributed by atoms with Gasteiger partial charge >= 0.3 is 0 Å². The molecule has 2 unspecified atom stereocenters. The van der Waals surface area contributed by atoms with Gasteiger partial charge < -0.3 is 25.8 Å². The molecule has 0 spiro atoms. The highest BCUT2D eigenvalue weighted by Crippen LogP contribution is 2.44. The fourth-order valence-corrected chi connectivity index (χ4v) is 2.64. The first-order valence-corrected chi connectivity index (χ1v) is 6.49. The van der Waals surface area contributed by atoms with Crippen LogP contribution in [0.5, 0.6) is 0 Å². The topological polar surface area (TPSA) is 174 Å². The minimum atomic E-state index is -2.66. The van der Waals surface area contributed by atoms with Gasteiger partial charge in [0.05, 0.1) is 12.9 Å². The van der Waals surface area contributed by atoms with Crippen LogP contribution in [0.15, 0.2) is 12.7 Å². The fourth-order valence-electron chi connectivity index (χ4n) is 2.64. The maximum atomic E-state index is 11.5. The Bertz CT molecular complexity index is 780. The first kappa shape index (κ1) is 15.4. The third kappa shape index (κ3) is 1.81. The highest BCUT2D eigenvalue weighted by Gasteiger charge is 2.67. The average molecular weight is 323 g/mol. The standard InChI is InChI=1S/C12H13N5O6/c13-8-7-9(15-4-14-8)17(5-16-7)10-12(22,3-20)11(21,2-19)6(1-18)23-10/h2-6,10,18,21-22H,1H2,(H2,13,14,15)/t6-,10-,11?,12?/m1/s1. The molecule has 0 saturated carbocycles. The molecule has 0 aromatic carbocycles. The van der Waals surface area contributed by atoms with E-state index in [2.05, 4.69) is 15.0 Å². The van der Waals surface area contributed by atoms with Crippen molar-refractivity contribution in [3.05, 3.63) is 12.7 Å². The molecule has 11 heteroatoms. The normalized spacial score (nSPS) is 33.9. The van der Waals surface area contributed by atoms with Gasteiger partial charge in [0.1, 0.15) is 17.9 Å². The summed E-state index contributed by atoms with van der Waals surface area (Å²) in [4.78, 5) is 34.4. The molecule has 0 amide bonds. The molecule has 0 aliphatic carbocycles. The molecule has 1 saturated heterocycles. The zero-order chi connectivity index (χ0) is 16.8. The number of rotatable bonds is 4. The number of aldehydes is 2. The van der Waals surface area contributed by atoms with Crippen LogP contribution in [0.3, 0.4) is 0 Å². The van der Waals surface area contributed by atoms with Crippen molar-refractivity contribution in [1.29, 1.82) is 0 Å². The van der Waals surface area contributed by atoms with Crippen molar-refractivity contribution in [2.75, 3.05) is 12.3 Å². The van der Waals surface area contributed by atoms with Crippen LogP contribution < -0.4 is 5.73 Å². The number of aliphatic hydroxyl groups excluding tert-OH is 1. The van der Waals surface area contributed by atoms with Gasteiger partial charge in [0.15, 0.2) is 35.9 Å². The van der Waals surface area contributed by atoms with Crippen molar-refractivity contribution in [1.82, 2.24) is 19.5 Å². The van der Waals surface area contributed by atoms with E-state index < -0.39 is 30.1 Å². The van der Waals surface area contributed by atoms with E-state index in [1.807, 2.05) is 0 Å². The van der Waals surface area contributed by atoms with Crippen LogP contribution in [0, 0.1) is 0 Å². The van der Waals surface area contributed by atoms with Crippen LogP contribution in [-0.2, 0) is 14.3 Å². The summed E-state index contributed by atoms with van der Waals surface area (Å²) in [5.41, 5.74) is 0.670. The summed E-state index contributed by atoms with van der Waals surface area (Å²) < 4.78 is 6.46. The number of aromatic nitrogens is 4. The van der Waals surface area contributed by atoms with Crippen LogP contribution in [0.2, 0.25) is 0 Å². The van der Waals surface area contributed by atoms with Gasteiger partial charge in [-0.15, -0.1) is 0 Å². The molecule has 11 nitrogen and oxygen atoms in total. The van der Waals surface area contributed by atoms with Crippen molar-refractivity contribution in [2.24, 2.45) is 0 Å². The Hall–Kier alpha value is -2.47. The SMILES string of the molecule is Nc1ncnc2c1ncn2[C@@H]1O[C@H](CO)C(O)(C=O)C1(O)C=O. The highest BCUT2D eigenvalue weighted by molar-refractivity contribution is 5.83. The molecule has 5 N–H and O–H groups in total. The second kappa shape index (κ2) is 5.03. The summed E-state index contributed by atoms with van der Waals surface area (Å²) in [5, 5.41) is 30.2. The molecule has 3 rings (SSSR count). The van der Waals surface area contributed by atoms with Gasteiger partial charge in [-0.3, -0.25) is 14.2 Å². The molecule has 2 aromatic heterocycles. The van der Waals surface area contributed by atoms with E-state index in [0.29, 0.717) is 0 Å². The second-order valence-electron chi connectivity index (χ2n) is 5.13. The van der Waals surface area contributed by atoms with E-state index in [-0.39, 0.29) is 29.6 Å². The molecule has 122 valence electrons. The van der Waals surface area contributed by atoms with Crippen LogP contribution in [-0.4, -0.2) is 71.3 Å². The van der Waals surface area contributed by atoms with E-state index >= 15 is 0 Å². The lowest BCUT2D eigenvalue weighted by molar-refractivity contribution is -0.168. The molecule has 1 fully saturated rings. The molecular formula is C12H13N5O6. The first-order chi connectivity index (χ1) is 10.9. The van der Waals surface area contributed by atoms with Gasteiger partial charge in [0, 0.05) is 0 Å². The Balaban J connectivity index is 2.20. The van der Waals surface area contributed by atoms with Crippen molar-refractivity contribution in [3.63, 3.8) is 0 Å². The quantitative estimate of drug-likeness (QED) is 0.429. The van der Waals surface area contributed by atoms with Crippen molar-refractivity contribution >= 4 is 29.6 Å². The van der Waals surface area contributed by atoms with Crippen LogP contribution in [0.4, 0.5) is 5.82 Å². The Kier molecular flexibility index (Phi) is 3.37. The zero-order valence-corrected chi connectivity index (χ0v) is 11.6. The van der Waals surface area contributed by atoms with Crippen molar-refractivity contribution in [3.8, 4) is 0 Å². The Morgan fingerprint density at radius 2 is 1.96 bits per heavy atom. The number of carbonyl (C=O) groups is 2. The maximum Gasteiger partial charge on any atom is 0.203 e. The first-order valence-electron chi connectivity index (χ1n) is 6.49. The zero-order valence-electron chi connectivity index (χ0n) is 11.6. The van der Waals surface area contributed by atoms with Crippen molar-refractivity contribution < 1.29 is 29.6 Å². The largest absolute Gasteiger partial charge is 0.394 e. The maximum absolute atomic E-state index is 11.5. The van der Waals surface area contributed by atoms with E-state index in [1.54, 1.807) is 0 Å².